The van der Waals surface area contributed by atoms with Crippen LogP contribution in [0.5, 0.6) is 0 Å². The van der Waals surface area contributed by atoms with Gasteiger partial charge in [-0.15, -0.1) is 0 Å². The molecule has 4 heteroatoms. The first-order valence-electron chi connectivity index (χ1n) is 6.13. The van der Waals surface area contributed by atoms with Crippen molar-refractivity contribution in [1.82, 2.24) is 0 Å². The number of ketones is 1. The summed E-state index contributed by atoms with van der Waals surface area (Å²) in [6, 6.07) is 5.82. The number of carbonyl (C=O) groups is 1. The number of benzene rings is 1. The van der Waals surface area contributed by atoms with Gasteiger partial charge in [0.25, 0.3) is 0 Å². The number of furan rings is 1. The third-order valence-corrected chi connectivity index (χ3v) is 2.86. The number of nitrogens with two attached hydrogens (primary N) is 1. The van der Waals surface area contributed by atoms with E-state index < -0.39 is 0 Å². The molecule has 0 bridgehead atoms. The van der Waals surface area contributed by atoms with Crippen LogP contribution in [0.1, 0.15) is 36.2 Å². The van der Waals surface area contributed by atoms with Crippen LogP contribution in [0, 0.1) is 5.82 Å². The van der Waals surface area contributed by atoms with Crippen LogP contribution in [0.3, 0.4) is 0 Å². The van der Waals surface area contributed by atoms with E-state index in [9.17, 15) is 9.18 Å². The molecule has 1 heterocycles. The number of hydrogen-bond donors (Lipinski definition) is 1. The van der Waals surface area contributed by atoms with Crippen molar-refractivity contribution in [2.24, 2.45) is 5.73 Å². The van der Waals surface area contributed by atoms with Gasteiger partial charge in [0.05, 0.1) is 0 Å². The Kier molecular flexibility index (Phi) is 4.10. The molecule has 2 N–H and O–H groups in total. The third kappa shape index (κ3) is 2.96. The Morgan fingerprint density at radius 2 is 2.06 bits per heavy atom. The molecule has 0 saturated heterocycles. The van der Waals surface area contributed by atoms with Crippen molar-refractivity contribution in [1.29, 1.82) is 0 Å². The minimum atomic E-state index is -0.328. The summed E-state index contributed by atoms with van der Waals surface area (Å²) in [6.07, 6.45) is 3.12. The molecule has 0 atom stereocenters. The van der Waals surface area contributed by atoms with Gasteiger partial charge in [-0.25, -0.2) is 4.39 Å². The first-order valence-corrected chi connectivity index (χ1v) is 6.13. The second-order valence-corrected chi connectivity index (χ2v) is 4.32. The second kappa shape index (κ2) is 5.78. The molecule has 1 aromatic heterocycles. The van der Waals surface area contributed by atoms with Gasteiger partial charge < -0.3 is 10.2 Å². The van der Waals surface area contributed by atoms with Crippen LogP contribution in [0.15, 0.2) is 28.7 Å². The molecular formula is C14H16FNO2. The van der Waals surface area contributed by atoms with Crippen molar-refractivity contribution in [2.75, 3.05) is 6.54 Å². The van der Waals surface area contributed by atoms with E-state index in [0.29, 0.717) is 29.7 Å². The summed E-state index contributed by atoms with van der Waals surface area (Å²) in [5.74, 6) is -0.0581. The van der Waals surface area contributed by atoms with E-state index in [1.165, 1.54) is 18.2 Å². The van der Waals surface area contributed by atoms with E-state index in [2.05, 4.69) is 0 Å². The highest BCUT2D eigenvalue weighted by Crippen LogP contribution is 2.21. The lowest BCUT2D eigenvalue weighted by atomic mass is 10.1. The van der Waals surface area contributed by atoms with Crippen LogP contribution in [-0.2, 0) is 0 Å². The van der Waals surface area contributed by atoms with Crippen molar-refractivity contribution in [3.63, 3.8) is 0 Å². The average molecular weight is 249 g/mol. The number of hydrogen-bond acceptors (Lipinski definition) is 3. The summed E-state index contributed by atoms with van der Waals surface area (Å²) in [6.45, 7) is 0.651. The molecule has 0 aliphatic carbocycles. The Balaban J connectivity index is 2.04. The first-order chi connectivity index (χ1) is 8.70. The number of halogens is 1. The normalized spacial score (nSPS) is 11.0. The Morgan fingerprint density at radius 1 is 1.22 bits per heavy atom. The highest BCUT2D eigenvalue weighted by Gasteiger charge is 2.12. The Morgan fingerprint density at radius 3 is 2.83 bits per heavy atom. The topological polar surface area (TPSA) is 56.2 Å². The molecule has 0 radical (unpaired) electrons. The summed E-state index contributed by atoms with van der Waals surface area (Å²) in [7, 11) is 0. The average Bonchev–Trinajstić information content (AvgIpc) is 2.77. The highest BCUT2D eigenvalue weighted by atomic mass is 19.1. The molecule has 1 aromatic carbocycles. The van der Waals surface area contributed by atoms with Gasteiger partial charge in [-0.05, 0) is 43.7 Å². The van der Waals surface area contributed by atoms with Crippen LogP contribution >= 0.6 is 0 Å². The molecule has 96 valence electrons. The highest BCUT2D eigenvalue weighted by molar-refractivity contribution is 5.97. The van der Waals surface area contributed by atoms with E-state index in [-0.39, 0.29) is 11.6 Å². The SMILES string of the molecule is NCCCCCC(=O)c1cc2cc(F)ccc2o1. The second-order valence-electron chi connectivity index (χ2n) is 4.32. The molecule has 0 aliphatic rings. The number of unbranched alkanes of at least 4 members (excludes halogenated alkanes) is 2. The van der Waals surface area contributed by atoms with Gasteiger partial charge in [0.15, 0.2) is 11.5 Å². The molecule has 3 nitrogen and oxygen atoms in total. The molecular weight excluding hydrogens is 233 g/mol. The molecule has 2 aromatic rings. The fraction of sp³-hybridized carbons (Fsp3) is 0.357. The van der Waals surface area contributed by atoms with Crippen molar-refractivity contribution in [2.45, 2.75) is 25.7 Å². The fourth-order valence-corrected chi connectivity index (χ4v) is 1.88. The number of Topliss-reactive ketones (excluding diaryl/α,β-unsaturated/α-hetero) is 1. The maximum atomic E-state index is 13.0. The molecule has 0 aliphatic heterocycles. The van der Waals surface area contributed by atoms with E-state index >= 15 is 0 Å². The van der Waals surface area contributed by atoms with Crippen LogP contribution in [0.2, 0.25) is 0 Å². The molecule has 0 unspecified atom stereocenters. The summed E-state index contributed by atoms with van der Waals surface area (Å²) in [4.78, 5) is 11.8. The van der Waals surface area contributed by atoms with E-state index in [0.717, 1.165) is 19.3 Å². The molecule has 0 saturated carbocycles. The smallest absolute Gasteiger partial charge is 0.198 e. The van der Waals surface area contributed by atoms with Gasteiger partial charge >= 0.3 is 0 Å². The Bertz CT molecular complexity index is 548. The molecule has 0 fully saturated rings. The molecule has 2 rings (SSSR count). The van der Waals surface area contributed by atoms with E-state index in [1.54, 1.807) is 6.07 Å². The van der Waals surface area contributed by atoms with E-state index in [4.69, 9.17) is 10.2 Å². The van der Waals surface area contributed by atoms with Crippen molar-refractivity contribution in [3.05, 3.63) is 35.8 Å². The third-order valence-electron chi connectivity index (χ3n) is 2.86. The van der Waals surface area contributed by atoms with Gasteiger partial charge in [-0.2, -0.15) is 0 Å². The minimum Gasteiger partial charge on any atom is -0.453 e. The van der Waals surface area contributed by atoms with Crippen LogP contribution in [-0.4, -0.2) is 12.3 Å². The van der Waals surface area contributed by atoms with Crippen molar-refractivity contribution in [3.8, 4) is 0 Å². The maximum Gasteiger partial charge on any atom is 0.198 e. The van der Waals surface area contributed by atoms with Gasteiger partial charge in [0.2, 0.25) is 0 Å². The van der Waals surface area contributed by atoms with Gasteiger partial charge in [-0.3, -0.25) is 4.79 Å². The zero-order valence-corrected chi connectivity index (χ0v) is 10.1. The van der Waals surface area contributed by atoms with Crippen molar-refractivity contribution >= 4 is 16.8 Å². The van der Waals surface area contributed by atoms with Gasteiger partial charge in [-0.1, -0.05) is 6.42 Å². The minimum absolute atomic E-state index is 0.0383. The van der Waals surface area contributed by atoms with Crippen LogP contribution < -0.4 is 5.73 Å². The summed E-state index contributed by atoms with van der Waals surface area (Å²) < 4.78 is 18.4. The number of fused-ring (bicyclic) bond motifs is 1. The predicted molar refractivity (Wildman–Crippen MR) is 68.0 cm³/mol. The van der Waals surface area contributed by atoms with E-state index in [1.807, 2.05) is 0 Å². The maximum absolute atomic E-state index is 13.0. The molecule has 0 spiro atoms. The van der Waals surface area contributed by atoms with Gasteiger partial charge in [0, 0.05) is 11.8 Å². The molecule has 0 amide bonds. The predicted octanol–water partition coefficient (Wildman–Crippen LogP) is 3.27. The Hall–Kier alpha value is -1.68. The summed E-state index contributed by atoms with van der Waals surface area (Å²) in [5.41, 5.74) is 5.93. The van der Waals surface area contributed by atoms with Crippen molar-refractivity contribution < 1.29 is 13.6 Å². The standard InChI is InChI=1S/C14H16FNO2/c15-11-5-6-13-10(8-11)9-14(18-13)12(17)4-2-1-3-7-16/h5-6,8-9H,1-4,7,16H2. The zero-order chi connectivity index (χ0) is 13.0. The Labute approximate surface area is 105 Å². The monoisotopic (exact) mass is 249 g/mol. The summed E-state index contributed by atoms with van der Waals surface area (Å²) in [5, 5.41) is 0.625. The quantitative estimate of drug-likeness (QED) is 0.631. The zero-order valence-electron chi connectivity index (χ0n) is 10.1. The fourth-order valence-electron chi connectivity index (χ4n) is 1.88. The lowest BCUT2D eigenvalue weighted by Gasteiger charge is -1.97. The largest absolute Gasteiger partial charge is 0.453 e. The number of carbonyl (C=O) groups excluding carboxylic acids is 1. The van der Waals surface area contributed by atoms with Crippen LogP contribution in [0.25, 0.3) is 11.0 Å². The lowest BCUT2D eigenvalue weighted by molar-refractivity contribution is 0.0954. The summed E-state index contributed by atoms with van der Waals surface area (Å²) >= 11 is 0. The first kappa shape index (κ1) is 12.8. The number of rotatable bonds is 6. The lowest BCUT2D eigenvalue weighted by Crippen LogP contribution is -2.00. The molecule has 18 heavy (non-hydrogen) atoms. The van der Waals surface area contributed by atoms with Gasteiger partial charge in [0.1, 0.15) is 11.4 Å². The van der Waals surface area contributed by atoms with Crippen LogP contribution in [0.4, 0.5) is 4.39 Å².